The molecule has 2 rings (SSSR count). The molecule has 170 valence electrons. The summed E-state index contributed by atoms with van der Waals surface area (Å²) in [7, 11) is 0. The highest BCUT2D eigenvalue weighted by atomic mass is 16.7. The van der Waals surface area contributed by atoms with Crippen LogP contribution < -0.4 is 5.84 Å². The van der Waals surface area contributed by atoms with Crippen LogP contribution in [-0.2, 0) is 14.4 Å². The van der Waals surface area contributed by atoms with Crippen LogP contribution in [0.15, 0.2) is 60.7 Å². The van der Waals surface area contributed by atoms with Crippen LogP contribution in [0.1, 0.15) is 54.8 Å². The molecule has 2 N–H and O–H groups in total. The Balaban J connectivity index is 2.40. The first-order valence-electron chi connectivity index (χ1n) is 10.1. The number of rotatable bonds is 5. The Morgan fingerprint density at radius 2 is 1.28 bits per heavy atom. The van der Waals surface area contributed by atoms with Gasteiger partial charge in [0.05, 0.1) is 12.1 Å². The molecule has 0 saturated heterocycles. The SMILES string of the molecule is CCCON(C(=O)c1ccccc1)N(C(=O)C(=O)N(N)C(=O)c1ccccc1)C(C)(C)C. The minimum atomic E-state index is -1.31. The van der Waals surface area contributed by atoms with Crippen molar-refractivity contribution < 1.29 is 24.0 Å². The number of amides is 4. The summed E-state index contributed by atoms with van der Waals surface area (Å²) in [6.07, 6.45) is 0.550. The molecule has 0 atom stereocenters. The quantitative estimate of drug-likeness (QED) is 0.331. The fourth-order valence-electron chi connectivity index (χ4n) is 2.74. The van der Waals surface area contributed by atoms with Crippen LogP contribution in [0.4, 0.5) is 0 Å². The zero-order valence-corrected chi connectivity index (χ0v) is 18.6. The zero-order valence-electron chi connectivity index (χ0n) is 18.6. The largest absolute Gasteiger partial charge is 0.335 e. The van der Waals surface area contributed by atoms with Gasteiger partial charge in [-0.05, 0) is 51.5 Å². The van der Waals surface area contributed by atoms with Gasteiger partial charge in [-0.1, -0.05) is 43.3 Å². The van der Waals surface area contributed by atoms with E-state index in [4.69, 9.17) is 10.7 Å². The lowest BCUT2D eigenvalue weighted by atomic mass is 10.1. The van der Waals surface area contributed by atoms with Crippen molar-refractivity contribution in [2.45, 2.75) is 39.7 Å². The number of carbonyl (C=O) groups excluding carboxylic acids is 4. The predicted molar refractivity (Wildman–Crippen MR) is 117 cm³/mol. The van der Waals surface area contributed by atoms with Crippen molar-refractivity contribution in [3.8, 4) is 0 Å². The van der Waals surface area contributed by atoms with E-state index < -0.39 is 29.2 Å². The molecule has 0 bridgehead atoms. The number of imide groups is 1. The Morgan fingerprint density at radius 3 is 1.72 bits per heavy atom. The lowest BCUT2D eigenvalue weighted by Gasteiger charge is -2.41. The van der Waals surface area contributed by atoms with E-state index in [2.05, 4.69) is 0 Å². The number of nitrogens with two attached hydrogens (primary N) is 1. The van der Waals surface area contributed by atoms with Gasteiger partial charge < -0.3 is 0 Å². The molecule has 0 aliphatic heterocycles. The normalized spacial score (nSPS) is 10.9. The van der Waals surface area contributed by atoms with Crippen LogP contribution in [-0.4, -0.2) is 51.0 Å². The summed E-state index contributed by atoms with van der Waals surface area (Å²) in [6.45, 7) is 6.82. The Hall–Kier alpha value is -3.56. The van der Waals surface area contributed by atoms with Crippen molar-refractivity contribution in [3.05, 3.63) is 71.8 Å². The Morgan fingerprint density at radius 1 is 0.812 bits per heavy atom. The minimum Gasteiger partial charge on any atom is -0.267 e. The fraction of sp³-hybridized carbons (Fsp3) is 0.304. The van der Waals surface area contributed by atoms with Gasteiger partial charge in [-0.2, -0.15) is 0 Å². The molecule has 0 fully saturated rings. The van der Waals surface area contributed by atoms with Gasteiger partial charge in [-0.15, -0.1) is 5.17 Å². The number of hydrogen-bond acceptors (Lipinski definition) is 6. The molecule has 0 saturated carbocycles. The average Bonchev–Trinajstić information content (AvgIpc) is 2.79. The van der Waals surface area contributed by atoms with Crippen LogP contribution in [0, 0.1) is 0 Å². The maximum Gasteiger partial charge on any atom is 0.335 e. The van der Waals surface area contributed by atoms with E-state index in [0.717, 1.165) is 10.2 Å². The highest BCUT2D eigenvalue weighted by molar-refractivity contribution is 6.38. The van der Waals surface area contributed by atoms with Gasteiger partial charge in [0.2, 0.25) is 0 Å². The lowest BCUT2D eigenvalue weighted by Crippen LogP contribution is -2.62. The standard InChI is InChI=1S/C23H28N4O5/c1-5-16-32-27(20(29)18-14-10-7-11-15-18)26(23(2,3)4)22(31)21(30)25(24)19(28)17-12-8-6-9-13-17/h6-15H,5,16,24H2,1-4H3. The van der Waals surface area contributed by atoms with Crippen molar-refractivity contribution in [2.24, 2.45) is 5.84 Å². The number of carbonyl (C=O) groups is 4. The maximum absolute atomic E-state index is 13.2. The van der Waals surface area contributed by atoms with Gasteiger partial charge >= 0.3 is 11.8 Å². The van der Waals surface area contributed by atoms with E-state index in [1.807, 2.05) is 6.92 Å². The number of hydrazine groups is 2. The van der Waals surface area contributed by atoms with E-state index in [-0.39, 0.29) is 22.7 Å². The number of hydrogen-bond donors (Lipinski definition) is 1. The van der Waals surface area contributed by atoms with Gasteiger partial charge in [0, 0.05) is 11.1 Å². The molecule has 32 heavy (non-hydrogen) atoms. The second kappa shape index (κ2) is 10.7. The first-order valence-corrected chi connectivity index (χ1v) is 10.1. The van der Waals surface area contributed by atoms with E-state index in [9.17, 15) is 19.2 Å². The Kier molecular flexibility index (Phi) is 8.22. The van der Waals surface area contributed by atoms with Gasteiger partial charge in [-0.3, -0.25) is 24.0 Å². The summed E-state index contributed by atoms with van der Waals surface area (Å²) in [4.78, 5) is 57.4. The van der Waals surface area contributed by atoms with E-state index in [1.54, 1.807) is 69.3 Å². The minimum absolute atomic E-state index is 0.113. The number of nitrogens with zero attached hydrogens (tertiary/aromatic N) is 3. The molecule has 9 heteroatoms. The molecule has 0 aromatic heterocycles. The maximum atomic E-state index is 13.2. The van der Waals surface area contributed by atoms with Crippen molar-refractivity contribution >= 4 is 23.6 Å². The van der Waals surface area contributed by atoms with Crippen molar-refractivity contribution in [3.63, 3.8) is 0 Å². The third-order valence-electron chi connectivity index (χ3n) is 4.26. The van der Waals surface area contributed by atoms with Crippen LogP contribution >= 0.6 is 0 Å². The smallest absolute Gasteiger partial charge is 0.267 e. The van der Waals surface area contributed by atoms with Crippen molar-refractivity contribution in [2.75, 3.05) is 6.61 Å². The molecule has 0 aliphatic rings. The molecule has 0 heterocycles. The van der Waals surface area contributed by atoms with Crippen molar-refractivity contribution in [1.82, 2.24) is 15.2 Å². The van der Waals surface area contributed by atoms with Gasteiger partial charge in [-0.25, -0.2) is 15.9 Å². The summed E-state index contributed by atoms with van der Waals surface area (Å²) in [5.41, 5.74) is -0.678. The second-order valence-corrected chi connectivity index (χ2v) is 7.91. The summed E-state index contributed by atoms with van der Waals surface area (Å²) in [5, 5.41) is 1.87. The molecule has 2 aromatic carbocycles. The molecular weight excluding hydrogens is 412 g/mol. The molecule has 4 amide bonds. The monoisotopic (exact) mass is 440 g/mol. The molecule has 9 nitrogen and oxygen atoms in total. The van der Waals surface area contributed by atoms with Gasteiger partial charge in [0.25, 0.3) is 11.8 Å². The zero-order chi connectivity index (χ0) is 23.9. The molecule has 2 aromatic rings. The summed E-state index contributed by atoms with van der Waals surface area (Å²) >= 11 is 0. The van der Waals surface area contributed by atoms with Gasteiger partial charge in [0.15, 0.2) is 0 Å². The first kappa shape index (κ1) is 24.7. The predicted octanol–water partition coefficient (Wildman–Crippen LogP) is 2.56. The van der Waals surface area contributed by atoms with E-state index >= 15 is 0 Å². The highest BCUT2D eigenvalue weighted by Gasteiger charge is 2.42. The van der Waals surface area contributed by atoms with E-state index in [1.165, 1.54) is 12.1 Å². The lowest BCUT2D eigenvalue weighted by molar-refractivity contribution is -0.260. The average molecular weight is 441 g/mol. The van der Waals surface area contributed by atoms with Crippen molar-refractivity contribution in [1.29, 1.82) is 0 Å². The molecular formula is C23H28N4O5. The Bertz CT molecular complexity index is 957. The van der Waals surface area contributed by atoms with Crippen LogP contribution in [0.2, 0.25) is 0 Å². The summed E-state index contributed by atoms with van der Waals surface area (Å²) < 4.78 is 0. The summed E-state index contributed by atoms with van der Waals surface area (Å²) in [6, 6.07) is 16.0. The molecule has 0 spiro atoms. The second-order valence-electron chi connectivity index (χ2n) is 7.91. The van der Waals surface area contributed by atoms with Crippen LogP contribution in [0.3, 0.4) is 0 Å². The number of benzene rings is 2. The van der Waals surface area contributed by atoms with Gasteiger partial charge in [0.1, 0.15) is 0 Å². The molecule has 0 unspecified atom stereocenters. The first-order chi connectivity index (χ1) is 15.1. The Labute approximate surface area is 187 Å². The number of hydroxylamine groups is 1. The fourth-order valence-corrected chi connectivity index (χ4v) is 2.74. The molecule has 0 aliphatic carbocycles. The van der Waals surface area contributed by atoms with Crippen LogP contribution in [0.25, 0.3) is 0 Å². The van der Waals surface area contributed by atoms with E-state index in [0.29, 0.717) is 6.42 Å². The third-order valence-corrected chi connectivity index (χ3v) is 4.26. The summed E-state index contributed by atoms with van der Waals surface area (Å²) in [5.74, 6) is 1.71. The highest BCUT2D eigenvalue weighted by Crippen LogP contribution is 2.21. The third kappa shape index (κ3) is 5.77. The topological polar surface area (TPSA) is 113 Å². The molecule has 0 radical (unpaired) electrons. The van der Waals surface area contributed by atoms with Crippen LogP contribution in [0.5, 0.6) is 0 Å².